The van der Waals surface area contributed by atoms with Crippen LogP contribution in [0, 0.1) is 0 Å². The molecule has 1 aliphatic heterocycles. The zero-order valence-electron chi connectivity index (χ0n) is 18.9. The summed E-state index contributed by atoms with van der Waals surface area (Å²) in [6.45, 7) is 11.0. The van der Waals surface area contributed by atoms with Crippen LogP contribution in [0.2, 0.25) is 0 Å². The van der Waals surface area contributed by atoms with Gasteiger partial charge in [0.25, 0.3) is 5.72 Å². The molecule has 0 spiro atoms. The number of fused-ring (bicyclic) bond motifs is 5. The van der Waals surface area contributed by atoms with Gasteiger partial charge in [-0.2, -0.15) is 4.57 Å². The lowest BCUT2D eigenvalue weighted by atomic mass is 9.65. The second-order valence-corrected chi connectivity index (χ2v) is 9.39. The van der Waals surface area contributed by atoms with Gasteiger partial charge in [-0.25, -0.2) is 0 Å². The molecule has 3 nitrogen and oxygen atoms in total. The van der Waals surface area contributed by atoms with Crippen LogP contribution in [0.5, 0.6) is 0 Å². The first-order chi connectivity index (χ1) is 14.4. The molecule has 0 amide bonds. The first kappa shape index (κ1) is 21.1. The van der Waals surface area contributed by atoms with Gasteiger partial charge >= 0.3 is 0 Å². The van der Waals surface area contributed by atoms with Gasteiger partial charge in [-0.1, -0.05) is 32.0 Å². The van der Waals surface area contributed by atoms with E-state index in [1.165, 1.54) is 26.2 Å². The highest BCUT2D eigenvalue weighted by Gasteiger charge is 2.62. The van der Waals surface area contributed by atoms with Gasteiger partial charge in [0.05, 0.1) is 24.4 Å². The maximum absolute atomic E-state index is 6.96. The lowest BCUT2D eigenvalue weighted by Gasteiger charge is -2.47. The van der Waals surface area contributed by atoms with Crippen molar-refractivity contribution in [2.24, 2.45) is 0 Å². The molecule has 0 aliphatic carbocycles. The highest BCUT2D eigenvalue weighted by molar-refractivity contribution is 7.22. The van der Waals surface area contributed by atoms with Gasteiger partial charge in [0.15, 0.2) is 6.20 Å². The molecule has 158 valence electrons. The monoisotopic (exact) mass is 422 g/mol. The highest BCUT2D eigenvalue weighted by atomic mass is 32.1. The summed E-state index contributed by atoms with van der Waals surface area (Å²) in [5, 5.41) is 1.36. The van der Waals surface area contributed by atoms with E-state index in [9.17, 15) is 0 Å². The Labute approximate surface area is 184 Å². The molecule has 2 unspecified atom stereocenters. The summed E-state index contributed by atoms with van der Waals surface area (Å²) < 4.78 is 16.1. The van der Waals surface area contributed by atoms with E-state index in [2.05, 4.69) is 87.0 Å². The number of rotatable bonds is 6. The van der Waals surface area contributed by atoms with E-state index in [1.54, 1.807) is 7.11 Å². The number of allylic oxidation sites excluding steroid dienone is 1. The minimum atomic E-state index is -0.534. The van der Waals surface area contributed by atoms with Gasteiger partial charge in [-0.15, -0.1) is 11.3 Å². The first-order valence-electron chi connectivity index (χ1n) is 10.9. The van der Waals surface area contributed by atoms with Crippen molar-refractivity contribution < 1.29 is 14.0 Å². The minimum Gasteiger partial charge on any atom is -0.502 e. The molecule has 0 N–H and O–H groups in total. The molecule has 1 aromatic carbocycles. The number of ether oxygens (including phenoxy) is 2. The van der Waals surface area contributed by atoms with Crippen LogP contribution in [0.1, 0.15) is 53.0 Å². The summed E-state index contributed by atoms with van der Waals surface area (Å²) >= 11 is 1.90. The summed E-state index contributed by atoms with van der Waals surface area (Å²) in [6.07, 6.45) is 6.15. The van der Waals surface area contributed by atoms with E-state index >= 15 is 0 Å². The number of hydrogen-bond acceptors (Lipinski definition) is 3. The third-order valence-corrected chi connectivity index (χ3v) is 8.12. The maximum Gasteiger partial charge on any atom is 0.280 e. The second kappa shape index (κ2) is 7.82. The van der Waals surface area contributed by atoms with Crippen LogP contribution < -0.4 is 4.57 Å². The second-order valence-electron chi connectivity index (χ2n) is 8.33. The third-order valence-electron chi connectivity index (χ3n) is 6.93. The molecule has 3 heterocycles. The van der Waals surface area contributed by atoms with Crippen LogP contribution in [-0.2, 0) is 20.6 Å². The fourth-order valence-electron chi connectivity index (χ4n) is 5.39. The summed E-state index contributed by atoms with van der Waals surface area (Å²) in [5.41, 5.74) is 1.99. The van der Waals surface area contributed by atoms with Crippen molar-refractivity contribution in [3.05, 3.63) is 66.1 Å². The van der Waals surface area contributed by atoms with E-state index in [-0.39, 0.29) is 11.5 Å². The normalized spacial score (nSPS) is 21.2. The fraction of sp³-hybridized carbons (Fsp3) is 0.423. The number of pyridine rings is 1. The number of nitrogens with zero attached hydrogens (tertiary/aromatic N) is 1. The van der Waals surface area contributed by atoms with E-state index in [1.807, 2.05) is 18.3 Å². The Morgan fingerprint density at radius 1 is 1.13 bits per heavy atom. The Morgan fingerprint density at radius 2 is 1.83 bits per heavy atom. The zero-order valence-corrected chi connectivity index (χ0v) is 19.7. The highest BCUT2D eigenvalue weighted by Crippen LogP contribution is 2.56. The van der Waals surface area contributed by atoms with Crippen LogP contribution in [0.3, 0.4) is 0 Å². The summed E-state index contributed by atoms with van der Waals surface area (Å²) in [6, 6.07) is 15.3. The van der Waals surface area contributed by atoms with Gasteiger partial charge in [0.1, 0.15) is 4.88 Å². The molecule has 4 heteroatoms. The van der Waals surface area contributed by atoms with E-state index in [0.717, 1.165) is 18.6 Å². The average Bonchev–Trinajstić information content (AvgIpc) is 3.15. The average molecular weight is 423 g/mol. The van der Waals surface area contributed by atoms with Crippen LogP contribution in [0.15, 0.2) is 60.5 Å². The number of thiophene rings is 1. The van der Waals surface area contributed by atoms with E-state index in [0.29, 0.717) is 0 Å². The molecule has 4 rings (SSSR count). The number of hydrogen-bond donors (Lipinski definition) is 0. The standard InChI is InChI=1S/C26H32NO2S/c1-7-26(8-2)23-20-13-9-10-15-22(20)30-24(23)21-14-11-12-16-27(21)25(26,5)29-19(4)17-18(3)28-6/h9-17,19H,7-8H2,1-6H3/q+1. The molecular formula is C26H32NO2S+. The van der Waals surface area contributed by atoms with Crippen molar-refractivity contribution >= 4 is 21.4 Å². The van der Waals surface area contributed by atoms with Gasteiger partial charge < -0.3 is 9.47 Å². The molecule has 0 saturated carbocycles. The van der Waals surface area contributed by atoms with Crippen molar-refractivity contribution in [2.45, 2.75) is 64.7 Å². The van der Waals surface area contributed by atoms with Crippen molar-refractivity contribution in [1.29, 1.82) is 0 Å². The number of aromatic nitrogens is 1. The van der Waals surface area contributed by atoms with Crippen molar-refractivity contribution in [1.82, 2.24) is 0 Å². The Morgan fingerprint density at radius 3 is 2.53 bits per heavy atom. The molecule has 2 aromatic heterocycles. The summed E-state index contributed by atoms with van der Waals surface area (Å²) in [7, 11) is 1.71. The Kier molecular flexibility index (Phi) is 5.50. The SMILES string of the molecule is CCC1(CC)c2c(sc3ccccc23)-c2cccc[n+]2C1(C)OC(C)C=C(C)OC. The predicted molar refractivity (Wildman–Crippen MR) is 125 cm³/mol. The van der Waals surface area contributed by atoms with Crippen LogP contribution in [0.25, 0.3) is 20.7 Å². The lowest BCUT2D eigenvalue weighted by Crippen LogP contribution is -2.70. The Hall–Kier alpha value is -2.17. The molecule has 3 aromatic rings. The van der Waals surface area contributed by atoms with E-state index in [4.69, 9.17) is 9.47 Å². The molecular weight excluding hydrogens is 390 g/mol. The first-order valence-corrected chi connectivity index (χ1v) is 11.7. The van der Waals surface area contributed by atoms with Crippen molar-refractivity contribution in [3.63, 3.8) is 0 Å². The minimum absolute atomic E-state index is 0.0839. The third kappa shape index (κ3) is 2.92. The van der Waals surface area contributed by atoms with Crippen LogP contribution in [0.4, 0.5) is 0 Å². The predicted octanol–water partition coefficient (Wildman–Crippen LogP) is 6.56. The largest absolute Gasteiger partial charge is 0.502 e. The maximum atomic E-state index is 6.96. The molecule has 0 radical (unpaired) electrons. The quantitative estimate of drug-likeness (QED) is 0.332. The zero-order chi connectivity index (χ0) is 21.5. The van der Waals surface area contributed by atoms with Gasteiger partial charge in [0.2, 0.25) is 5.69 Å². The summed E-state index contributed by atoms with van der Waals surface area (Å²) in [4.78, 5) is 1.37. The number of methoxy groups -OCH3 is 1. The lowest BCUT2D eigenvalue weighted by molar-refractivity contribution is -0.812. The van der Waals surface area contributed by atoms with Crippen LogP contribution in [-0.4, -0.2) is 13.2 Å². The fourth-order valence-corrected chi connectivity index (χ4v) is 6.71. The molecule has 0 bridgehead atoms. The number of benzene rings is 1. The van der Waals surface area contributed by atoms with Gasteiger partial charge in [-0.05, 0) is 50.3 Å². The Balaban J connectivity index is 2.03. The Bertz CT molecular complexity index is 1100. The van der Waals surface area contributed by atoms with E-state index < -0.39 is 5.72 Å². The van der Waals surface area contributed by atoms with Gasteiger partial charge in [-0.3, -0.25) is 0 Å². The molecule has 0 fully saturated rings. The molecule has 0 saturated heterocycles. The molecule has 2 atom stereocenters. The van der Waals surface area contributed by atoms with Crippen molar-refractivity contribution in [3.8, 4) is 10.6 Å². The van der Waals surface area contributed by atoms with Gasteiger partial charge in [0, 0.05) is 29.3 Å². The smallest absolute Gasteiger partial charge is 0.280 e. The van der Waals surface area contributed by atoms with Crippen LogP contribution >= 0.6 is 11.3 Å². The van der Waals surface area contributed by atoms with Crippen molar-refractivity contribution in [2.75, 3.05) is 7.11 Å². The molecule has 30 heavy (non-hydrogen) atoms. The topological polar surface area (TPSA) is 22.3 Å². The molecule has 1 aliphatic rings. The summed E-state index contributed by atoms with van der Waals surface area (Å²) in [5.74, 6) is 0.875.